The lowest BCUT2D eigenvalue weighted by Gasteiger charge is -1.97. The molecule has 0 aliphatic heterocycles. The van der Waals surface area contributed by atoms with Crippen LogP contribution in [-0.2, 0) is 5.75 Å². The molecule has 0 saturated heterocycles. The van der Waals surface area contributed by atoms with Crippen molar-refractivity contribution in [1.29, 1.82) is 0 Å². The van der Waals surface area contributed by atoms with Crippen molar-refractivity contribution in [2.45, 2.75) is 31.7 Å². The zero-order valence-corrected chi connectivity index (χ0v) is 14.3. The molecule has 7 nitrogen and oxygen atoms in total. The normalized spacial score (nSPS) is 11.5. The minimum Gasteiger partial charge on any atom is -0.459 e. The molecule has 0 saturated carbocycles. The predicted octanol–water partition coefficient (Wildman–Crippen LogP) is 3.59. The molecule has 4 aromatic rings. The molecule has 0 N–H and O–H groups in total. The van der Waals surface area contributed by atoms with Gasteiger partial charge in [0.1, 0.15) is 5.76 Å². The summed E-state index contributed by atoms with van der Waals surface area (Å²) in [6.45, 7) is 5.83. The summed E-state index contributed by atoms with van der Waals surface area (Å²) in [6, 6.07) is 5.61. The van der Waals surface area contributed by atoms with Gasteiger partial charge in [0.25, 0.3) is 11.7 Å². The second-order valence-corrected chi connectivity index (χ2v) is 6.38. The van der Waals surface area contributed by atoms with Gasteiger partial charge >= 0.3 is 0 Å². The number of hydrogen-bond donors (Lipinski definition) is 0. The average molecular weight is 341 g/mol. The molecule has 0 fully saturated rings. The highest BCUT2D eigenvalue weighted by Crippen LogP contribution is 2.26. The molecule has 0 atom stereocenters. The highest BCUT2D eigenvalue weighted by Gasteiger charge is 2.15. The first-order valence-corrected chi connectivity index (χ1v) is 8.43. The van der Waals surface area contributed by atoms with E-state index in [1.807, 2.05) is 32.9 Å². The summed E-state index contributed by atoms with van der Waals surface area (Å²) in [5.74, 6) is 3.11. The van der Waals surface area contributed by atoms with Crippen molar-refractivity contribution in [2.24, 2.45) is 0 Å². The van der Waals surface area contributed by atoms with E-state index in [2.05, 4.69) is 20.1 Å². The number of hydrogen-bond acceptors (Lipinski definition) is 7. The summed E-state index contributed by atoms with van der Waals surface area (Å²) in [5, 5.41) is 5.15. The number of fused-ring (bicyclic) bond motifs is 1. The van der Waals surface area contributed by atoms with Gasteiger partial charge in [-0.2, -0.15) is 4.98 Å². The fourth-order valence-corrected chi connectivity index (χ4v) is 3.23. The Kier molecular flexibility index (Phi) is 3.61. The number of aromatic nitrogens is 5. The van der Waals surface area contributed by atoms with Gasteiger partial charge in [0.05, 0.1) is 12.0 Å². The third kappa shape index (κ3) is 2.69. The van der Waals surface area contributed by atoms with Crippen LogP contribution < -0.4 is 0 Å². The Morgan fingerprint density at radius 1 is 1.17 bits per heavy atom. The minimum atomic E-state index is 0.490. The SMILES string of the molecule is Cc1cc(C)n2nc(SCc3nc(-c4ccco4)oc3C)nc2n1. The Morgan fingerprint density at radius 2 is 2.04 bits per heavy atom. The Labute approximate surface area is 142 Å². The lowest BCUT2D eigenvalue weighted by molar-refractivity contribution is 0.500. The molecule has 0 aromatic carbocycles. The third-order valence-corrected chi connectivity index (χ3v) is 4.41. The van der Waals surface area contributed by atoms with Crippen LogP contribution in [0.3, 0.4) is 0 Å². The number of rotatable bonds is 4. The quantitative estimate of drug-likeness (QED) is 0.525. The van der Waals surface area contributed by atoms with E-state index in [0.29, 0.717) is 28.3 Å². The first kappa shape index (κ1) is 14.9. The zero-order chi connectivity index (χ0) is 16.7. The number of nitrogens with zero attached hydrogens (tertiary/aromatic N) is 5. The van der Waals surface area contributed by atoms with Crippen LogP contribution in [0.2, 0.25) is 0 Å². The number of furan rings is 1. The van der Waals surface area contributed by atoms with Crippen molar-refractivity contribution in [2.75, 3.05) is 0 Å². The topological polar surface area (TPSA) is 82.2 Å². The third-order valence-electron chi connectivity index (χ3n) is 3.56. The summed E-state index contributed by atoms with van der Waals surface area (Å²) in [7, 11) is 0. The van der Waals surface area contributed by atoms with E-state index < -0.39 is 0 Å². The van der Waals surface area contributed by atoms with E-state index in [0.717, 1.165) is 22.8 Å². The summed E-state index contributed by atoms with van der Waals surface area (Å²) >= 11 is 1.50. The monoisotopic (exact) mass is 341 g/mol. The maximum atomic E-state index is 5.66. The molecule has 0 amide bonds. The van der Waals surface area contributed by atoms with E-state index in [1.165, 1.54) is 11.8 Å². The Morgan fingerprint density at radius 3 is 2.83 bits per heavy atom. The van der Waals surface area contributed by atoms with Crippen LogP contribution in [0.1, 0.15) is 22.8 Å². The van der Waals surface area contributed by atoms with Crippen molar-refractivity contribution in [3.8, 4) is 11.7 Å². The van der Waals surface area contributed by atoms with Gasteiger partial charge in [-0.15, -0.1) is 5.10 Å². The Balaban J connectivity index is 1.56. The van der Waals surface area contributed by atoms with Gasteiger partial charge in [-0.25, -0.2) is 14.5 Å². The summed E-state index contributed by atoms with van der Waals surface area (Å²) < 4.78 is 12.7. The molecule has 122 valence electrons. The minimum absolute atomic E-state index is 0.490. The first-order valence-electron chi connectivity index (χ1n) is 7.44. The molecular formula is C16H15N5O2S. The standard InChI is InChI=1S/C16H15N5O2S/c1-9-7-10(2)21-15(17-9)19-16(20-21)24-8-12-11(3)23-14(18-12)13-5-4-6-22-13/h4-7H,8H2,1-3H3. The van der Waals surface area contributed by atoms with E-state index in [9.17, 15) is 0 Å². The van der Waals surface area contributed by atoms with Crippen LogP contribution in [0.4, 0.5) is 0 Å². The van der Waals surface area contributed by atoms with Crippen molar-refractivity contribution >= 4 is 17.5 Å². The zero-order valence-electron chi connectivity index (χ0n) is 13.5. The second kappa shape index (κ2) is 5.79. The van der Waals surface area contributed by atoms with Crippen molar-refractivity contribution in [1.82, 2.24) is 24.6 Å². The Hall–Kier alpha value is -2.61. The molecule has 0 radical (unpaired) electrons. The van der Waals surface area contributed by atoms with Gasteiger partial charge in [0, 0.05) is 17.1 Å². The second-order valence-electron chi connectivity index (χ2n) is 5.43. The molecule has 4 aromatic heterocycles. The number of oxazole rings is 1. The van der Waals surface area contributed by atoms with Gasteiger partial charge in [0.15, 0.2) is 5.76 Å². The number of thioether (sulfide) groups is 1. The van der Waals surface area contributed by atoms with Crippen molar-refractivity contribution < 1.29 is 8.83 Å². The highest BCUT2D eigenvalue weighted by atomic mass is 32.2. The van der Waals surface area contributed by atoms with Crippen molar-refractivity contribution in [3.63, 3.8) is 0 Å². The van der Waals surface area contributed by atoms with E-state index in [1.54, 1.807) is 16.8 Å². The van der Waals surface area contributed by atoms with Gasteiger partial charge in [-0.3, -0.25) is 0 Å². The van der Waals surface area contributed by atoms with Crippen LogP contribution in [0.25, 0.3) is 17.4 Å². The largest absolute Gasteiger partial charge is 0.459 e. The Bertz CT molecular complexity index is 1000. The van der Waals surface area contributed by atoms with Crippen LogP contribution in [0, 0.1) is 20.8 Å². The van der Waals surface area contributed by atoms with E-state index in [4.69, 9.17) is 8.83 Å². The van der Waals surface area contributed by atoms with Crippen LogP contribution in [-0.4, -0.2) is 24.6 Å². The predicted molar refractivity (Wildman–Crippen MR) is 88.8 cm³/mol. The highest BCUT2D eigenvalue weighted by molar-refractivity contribution is 7.98. The smallest absolute Gasteiger partial charge is 0.263 e. The molecule has 24 heavy (non-hydrogen) atoms. The lowest BCUT2D eigenvalue weighted by Crippen LogP contribution is -1.97. The summed E-state index contributed by atoms with van der Waals surface area (Å²) in [5.41, 5.74) is 2.79. The average Bonchev–Trinajstić information content (AvgIpc) is 3.24. The molecule has 4 heterocycles. The maximum absolute atomic E-state index is 5.66. The van der Waals surface area contributed by atoms with Gasteiger partial charge in [-0.05, 0) is 39.0 Å². The fourth-order valence-electron chi connectivity index (χ4n) is 2.41. The number of aryl methyl sites for hydroxylation is 3. The fraction of sp³-hybridized carbons (Fsp3) is 0.250. The summed E-state index contributed by atoms with van der Waals surface area (Å²) in [4.78, 5) is 13.4. The van der Waals surface area contributed by atoms with Gasteiger partial charge in [-0.1, -0.05) is 11.8 Å². The molecule has 4 rings (SSSR count). The van der Waals surface area contributed by atoms with E-state index >= 15 is 0 Å². The summed E-state index contributed by atoms with van der Waals surface area (Å²) in [6.07, 6.45) is 1.60. The first-order chi connectivity index (χ1) is 11.6. The van der Waals surface area contributed by atoms with Crippen LogP contribution in [0.15, 0.2) is 38.5 Å². The van der Waals surface area contributed by atoms with Gasteiger partial charge < -0.3 is 8.83 Å². The van der Waals surface area contributed by atoms with Crippen molar-refractivity contribution in [3.05, 3.63) is 47.3 Å². The molecule has 0 unspecified atom stereocenters. The molecular weight excluding hydrogens is 326 g/mol. The molecule has 8 heteroatoms. The van der Waals surface area contributed by atoms with Gasteiger partial charge in [0.2, 0.25) is 5.16 Å². The van der Waals surface area contributed by atoms with Crippen LogP contribution in [0.5, 0.6) is 0 Å². The lowest BCUT2D eigenvalue weighted by atomic mass is 10.4. The van der Waals surface area contributed by atoms with Crippen LogP contribution >= 0.6 is 11.8 Å². The molecule has 0 aliphatic carbocycles. The maximum Gasteiger partial charge on any atom is 0.263 e. The molecule has 0 spiro atoms. The molecule has 0 aliphatic rings. The van der Waals surface area contributed by atoms with E-state index in [-0.39, 0.29) is 0 Å². The molecule has 0 bridgehead atoms.